The maximum Gasteiger partial charge on any atom is 0.244 e. The van der Waals surface area contributed by atoms with Gasteiger partial charge in [0.15, 0.2) is 0 Å². The van der Waals surface area contributed by atoms with Crippen molar-refractivity contribution in [3.05, 3.63) is 70.7 Å². The number of carbonyl (C=O) groups excluding carboxylic acids is 1. The van der Waals surface area contributed by atoms with E-state index >= 15 is 0 Å². The van der Waals surface area contributed by atoms with Crippen LogP contribution in [0.5, 0.6) is 0 Å². The maximum absolute atomic E-state index is 11.7. The highest BCUT2D eigenvalue weighted by Gasteiger charge is 2.01. The van der Waals surface area contributed by atoms with E-state index in [2.05, 4.69) is 22.7 Å². The summed E-state index contributed by atoms with van der Waals surface area (Å²) in [6.07, 6.45) is 3.74. The van der Waals surface area contributed by atoms with E-state index in [1.165, 1.54) is 5.56 Å². The Balaban J connectivity index is 1.69. The van der Waals surface area contributed by atoms with E-state index in [0.29, 0.717) is 11.4 Å². The monoisotopic (exact) mass is 300 g/mol. The zero-order chi connectivity index (χ0) is 14.9. The molecule has 0 saturated heterocycles. The topological polar surface area (TPSA) is 41.5 Å². The van der Waals surface area contributed by atoms with Gasteiger partial charge in [-0.25, -0.2) is 5.43 Å². The van der Waals surface area contributed by atoms with Crippen molar-refractivity contribution < 1.29 is 4.79 Å². The Hall–Kier alpha value is -2.13. The van der Waals surface area contributed by atoms with E-state index in [4.69, 9.17) is 11.6 Å². The maximum atomic E-state index is 11.7. The van der Waals surface area contributed by atoms with E-state index in [0.717, 1.165) is 18.4 Å². The van der Waals surface area contributed by atoms with Crippen molar-refractivity contribution in [1.29, 1.82) is 0 Å². The molecular weight excluding hydrogens is 284 g/mol. The van der Waals surface area contributed by atoms with Crippen LogP contribution < -0.4 is 5.43 Å². The number of carbonyl (C=O) groups is 1. The quantitative estimate of drug-likeness (QED) is 0.642. The molecule has 2 aromatic carbocycles. The third-order valence-corrected chi connectivity index (χ3v) is 3.22. The molecule has 3 nitrogen and oxygen atoms in total. The fourth-order valence-electron chi connectivity index (χ4n) is 1.89. The summed E-state index contributed by atoms with van der Waals surface area (Å²) in [7, 11) is 0. The highest BCUT2D eigenvalue weighted by Crippen LogP contribution is 2.09. The zero-order valence-electron chi connectivity index (χ0n) is 11.6. The Morgan fingerprint density at radius 1 is 1.05 bits per heavy atom. The van der Waals surface area contributed by atoms with Crippen molar-refractivity contribution >= 4 is 23.7 Å². The van der Waals surface area contributed by atoms with Gasteiger partial charge < -0.3 is 0 Å². The number of hydrazone groups is 1. The van der Waals surface area contributed by atoms with Crippen LogP contribution in [-0.2, 0) is 17.6 Å². The van der Waals surface area contributed by atoms with Crippen molar-refractivity contribution in [2.75, 3.05) is 0 Å². The van der Waals surface area contributed by atoms with Crippen molar-refractivity contribution in [3.63, 3.8) is 0 Å². The molecule has 0 saturated carbocycles. The lowest BCUT2D eigenvalue weighted by molar-refractivity contribution is -0.120. The van der Waals surface area contributed by atoms with Gasteiger partial charge in [0.25, 0.3) is 0 Å². The standard InChI is InChI=1S/C17H17ClN2O/c18-16-10-8-15(9-11-16)13-17(21)20-19-12-4-7-14-5-2-1-3-6-14/h1-3,5-6,8-12H,4,7,13H2,(H,20,21)/b19-12-. The molecule has 0 aliphatic rings. The first kappa shape index (κ1) is 15.3. The lowest BCUT2D eigenvalue weighted by Crippen LogP contribution is -2.19. The van der Waals surface area contributed by atoms with E-state index < -0.39 is 0 Å². The summed E-state index contributed by atoms with van der Waals surface area (Å²) in [4.78, 5) is 11.7. The summed E-state index contributed by atoms with van der Waals surface area (Å²) in [5, 5.41) is 4.61. The van der Waals surface area contributed by atoms with Crippen LogP contribution in [0.2, 0.25) is 5.02 Å². The number of hydrogen-bond donors (Lipinski definition) is 1. The van der Waals surface area contributed by atoms with Crippen molar-refractivity contribution in [2.45, 2.75) is 19.3 Å². The van der Waals surface area contributed by atoms with Gasteiger partial charge in [-0.1, -0.05) is 54.1 Å². The average molecular weight is 301 g/mol. The minimum atomic E-state index is -0.131. The molecule has 2 aromatic rings. The fraction of sp³-hybridized carbons (Fsp3) is 0.176. The number of amides is 1. The second kappa shape index (κ2) is 8.22. The summed E-state index contributed by atoms with van der Waals surface area (Å²) in [6.45, 7) is 0. The molecule has 0 spiro atoms. The number of nitrogens with one attached hydrogen (secondary N) is 1. The summed E-state index contributed by atoms with van der Waals surface area (Å²) in [5.74, 6) is -0.131. The largest absolute Gasteiger partial charge is 0.273 e. The molecule has 0 fully saturated rings. The number of rotatable bonds is 6. The van der Waals surface area contributed by atoms with Gasteiger partial charge in [0.2, 0.25) is 5.91 Å². The molecule has 0 aliphatic heterocycles. The molecule has 0 aromatic heterocycles. The minimum Gasteiger partial charge on any atom is -0.273 e. The fourth-order valence-corrected chi connectivity index (χ4v) is 2.01. The van der Waals surface area contributed by atoms with Crippen LogP contribution in [-0.4, -0.2) is 12.1 Å². The van der Waals surface area contributed by atoms with Gasteiger partial charge in [0.05, 0.1) is 6.42 Å². The molecule has 0 unspecified atom stereocenters. The van der Waals surface area contributed by atoms with Crippen LogP contribution in [0.3, 0.4) is 0 Å². The molecule has 1 N–H and O–H groups in total. The van der Waals surface area contributed by atoms with Gasteiger partial charge in [-0.15, -0.1) is 0 Å². The molecule has 0 radical (unpaired) electrons. The van der Waals surface area contributed by atoms with Gasteiger partial charge >= 0.3 is 0 Å². The van der Waals surface area contributed by atoms with Gasteiger partial charge in [-0.3, -0.25) is 4.79 Å². The lowest BCUT2D eigenvalue weighted by Gasteiger charge is -2.01. The molecule has 4 heteroatoms. The van der Waals surface area contributed by atoms with Crippen LogP contribution in [0.4, 0.5) is 0 Å². The zero-order valence-corrected chi connectivity index (χ0v) is 12.4. The summed E-state index contributed by atoms with van der Waals surface area (Å²) < 4.78 is 0. The van der Waals surface area contributed by atoms with E-state index in [1.54, 1.807) is 18.3 Å². The summed E-state index contributed by atoms with van der Waals surface area (Å²) in [6, 6.07) is 17.4. The van der Waals surface area contributed by atoms with Crippen molar-refractivity contribution in [1.82, 2.24) is 5.43 Å². The molecule has 0 bridgehead atoms. The molecule has 1 amide bonds. The van der Waals surface area contributed by atoms with Crippen LogP contribution >= 0.6 is 11.6 Å². The van der Waals surface area contributed by atoms with Crippen LogP contribution in [0.1, 0.15) is 17.5 Å². The second-order valence-electron chi connectivity index (χ2n) is 4.67. The van der Waals surface area contributed by atoms with E-state index in [-0.39, 0.29) is 5.91 Å². The Morgan fingerprint density at radius 2 is 1.76 bits per heavy atom. The average Bonchev–Trinajstić information content (AvgIpc) is 2.50. The molecule has 0 heterocycles. The third kappa shape index (κ3) is 5.79. The smallest absolute Gasteiger partial charge is 0.244 e. The minimum absolute atomic E-state index is 0.131. The number of benzene rings is 2. The summed E-state index contributed by atoms with van der Waals surface area (Å²) >= 11 is 5.79. The Bertz CT molecular complexity index is 594. The SMILES string of the molecule is O=C(Cc1ccc(Cl)cc1)N/N=C\CCc1ccccc1. The third-order valence-electron chi connectivity index (χ3n) is 2.96. The van der Waals surface area contributed by atoms with Gasteiger partial charge in [-0.05, 0) is 36.1 Å². The van der Waals surface area contributed by atoms with Gasteiger partial charge in [0, 0.05) is 11.2 Å². The molecule has 108 valence electrons. The van der Waals surface area contributed by atoms with Crippen LogP contribution in [0.15, 0.2) is 59.7 Å². The highest BCUT2D eigenvalue weighted by atomic mass is 35.5. The summed E-state index contributed by atoms with van der Waals surface area (Å²) in [5.41, 5.74) is 4.70. The Labute approximate surface area is 129 Å². The molecular formula is C17H17ClN2O. The molecule has 2 rings (SSSR count). The van der Waals surface area contributed by atoms with E-state index in [1.807, 2.05) is 30.3 Å². The Kier molecular flexibility index (Phi) is 5.98. The lowest BCUT2D eigenvalue weighted by atomic mass is 10.1. The first-order chi connectivity index (χ1) is 10.2. The first-order valence-electron chi connectivity index (χ1n) is 6.83. The van der Waals surface area contributed by atoms with Gasteiger partial charge in [0.1, 0.15) is 0 Å². The molecule has 0 atom stereocenters. The predicted octanol–water partition coefficient (Wildman–Crippen LogP) is 3.62. The number of hydrogen-bond acceptors (Lipinski definition) is 2. The molecule has 21 heavy (non-hydrogen) atoms. The van der Waals surface area contributed by atoms with E-state index in [9.17, 15) is 4.79 Å². The highest BCUT2D eigenvalue weighted by molar-refractivity contribution is 6.30. The Morgan fingerprint density at radius 3 is 2.48 bits per heavy atom. The van der Waals surface area contributed by atoms with Crippen molar-refractivity contribution in [3.8, 4) is 0 Å². The molecule has 0 aliphatic carbocycles. The van der Waals surface area contributed by atoms with Crippen LogP contribution in [0.25, 0.3) is 0 Å². The number of halogens is 1. The first-order valence-corrected chi connectivity index (χ1v) is 7.20. The number of nitrogens with zero attached hydrogens (tertiary/aromatic N) is 1. The van der Waals surface area contributed by atoms with Crippen LogP contribution in [0, 0.1) is 0 Å². The number of aryl methyl sites for hydroxylation is 1. The van der Waals surface area contributed by atoms with Crippen molar-refractivity contribution in [2.24, 2.45) is 5.10 Å². The second-order valence-corrected chi connectivity index (χ2v) is 5.11. The predicted molar refractivity (Wildman–Crippen MR) is 86.6 cm³/mol. The van der Waals surface area contributed by atoms with Gasteiger partial charge in [-0.2, -0.15) is 5.10 Å². The normalized spacial score (nSPS) is 10.7.